The standard InChI is InChI=1S/C9H12N2O3S2/c1-3-4-5-6-10-16(13,14)8-7(2)11-9(12)15-8/h10H,5-6H2,1-2H3,(H,11,12). The lowest BCUT2D eigenvalue weighted by Gasteiger charge is -2.02. The minimum Gasteiger partial charge on any atom is -0.315 e. The van der Waals surface area contributed by atoms with Crippen LogP contribution >= 0.6 is 11.3 Å². The first-order chi connectivity index (χ1) is 7.47. The van der Waals surface area contributed by atoms with Gasteiger partial charge >= 0.3 is 4.87 Å². The highest BCUT2D eigenvalue weighted by molar-refractivity contribution is 7.91. The maximum absolute atomic E-state index is 11.7. The number of rotatable bonds is 4. The van der Waals surface area contributed by atoms with Gasteiger partial charge in [-0.3, -0.25) is 4.79 Å². The van der Waals surface area contributed by atoms with Crippen LogP contribution in [0.15, 0.2) is 9.00 Å². The molecule has 1 aromatic heterocycles. The third-order valence-electron chi connectivity index (χ3n) is 1.74. The van der Waals surface area contributed by atoms with Gasteiger partial charge in [0.15, 0.2) is 4.21 Å². The first kappa shape index (κ1) is 13.0. The Labute approximate surface area is 98.0 Å². The van der Waals surface area contributed by atoms with Gasteiger partial charge in [-0.2, -0.15) is 0 Å². The van der Waals surface area contributed by atoms with Crippen molar-refractivity contribution in [2.75, 3.05) is 6.54 Å². The second-order valence-corrected chi connectivity index (χ2v) is 5.95. The van der Waals surface area contributed by atoms with Gasteiger partial charge in [-0.25, -0.2) is 13.1 Å². The summed E-state index contributed by atoms with van der Waals surface area (Å²) in [5.74, 6) is 5.42. The Hall–Kier alpha value is -1.10. The normalized spacial score (nSPS) is 10.9. The summed E-state index contributed by atoms with van der Waals surface area (Å²) < 4.78 is 25.9. The Morgan fingerprint density at radius 3 is 2.69 bits per heavy atom. The van der Waals surface area contributed by atoms with Crippen LogP contribution in [0.3, 0.4) is 0 Å². The number of H-pyrrole nitrogens is 1. The van der Waals surface area contributed by atoms with Gasteiger partial charge < -0.3 is 4.98 Å². The lowest BCUT2D eigenvalue weighted by Crippen LogP contribution is -2.24. The molecule has 5 nitrogen and oxygen atoms in total. The van der Waals surface area contributed by atoms with Crippen LogP contribution in [-0.2, 0) is 10.0 Å². The van der Waals surface area contributed by atoms with Crippen molar-refractivity contribution in [1.29, 1.82) is 0 Å². The third-order valence-corrected chi connectivity index (χ3v) is 4.81. The average Bonchev–Trinajstić information content (AvgIpc) is 2.53. The molecule has 7 heteroatoms. The topological polar surface area (TPSA) is 79.0 Å². The molecule has 0 atom stereocenters. The van der Waals surface area contributed by atoms with E-state index in [1.54, 1.807) is 13.8 Å². The zero-order valence-corrected chi connectivity index (χ0v) is 10.6. The van der Waals surface area contributed by atoms with Crippen LogP contribution < -0.4 is 9.60 Å². The van der Waals surface area contributed by atoms with Gasteiger partial charge in [0.05, 0.1) is 0 Å². The van der Waals surface area contributed by atoms with E-state index in [9.17, 15) is 13.2 Å². The molecular formula is C9H12N2O3S2. The molecule has 0 bridgehead atoms. The van der Waals surface area contributed by atoms with Crippen molar-refractivity contribution >= 4 is 21.4 Å². The van der Waals surface area contributed by atoms with E-state index in [-0.39, 0.29) is 15.6 Å². The fourth-order valence-electron chi connectivity index (χ4n) is 1.09. The summed E-state index contributed by atoms with van der Waals surface area (Å²) in [4.78, 5) is 13.0. The molecule has 1 heterocycles. The fourth-order valence-corrected chi connectivity index (χ4v) is 3.46. The molecule has 0 aromatic carbocycles. The number of hydrogen-bond acceptors (Lipinski definition) is 4. The summed E-state index contributed by atoms with van der Waals surface area (Å²) in [6.45, 7) is 3.49. The number of thiazole rings is 1. The second kappa shape index (κ2) is 5.30. The molecular weight excluding hydrogens is 248 g/mol. The predicted octanol–water partition coefficient (Wildman–Crippen LogP) is 0.437. The molecule has 88 valence electrons. The summed E-state index contributed by atoms with van der Waals surface area (Å²) >= 11 is 0.687. The molecule has 0 aliphatic carbocycles. The Kier molecular flexibility index (Phi) is 4.29. The van der Waals surface area contributed by atoms with Crippen LogP contribution in [0, 0.1) is 18.8 Å². The van der Waals surface area contributed by atoms with E-state index in [1.165, 1.54) is 0 Å². The Bertz CT molecular complexity index is 572. The van der Waals surface area contributed by atoms with Gasteiger partial charge in [-0.05, 0) is 13.8 Å². The number of aromatic nitrogens is 1. The molecule has 0 radical (unpaired) electrons. The summed E-state index contributed by atoms with van der Waals surface area (Å²) in [6, 6.07) is 0. The third kappa shape index (κ3) is 3.20. The molecule has 16 heavy (non-hydrogen) atoms. The van der Waals surface area contributed by atoms with Gasteiger partial charge in [-0.15, -0.1) is 11.8 Å². The van der Waals surface area contributed by atoms with Gasteiger partial charge in [0.25, 0.3) is 10.0 Å². The molecule has 0 amide bonds. The molecule has 1 aromatic rings. The highest BCUT2D eigenvalue weighted by Crippen LogP contribution is 2.14. The van der Waals surface area contributed by atoms with E-state index in [0.717, 1.165) is 0 Å². The smallest absolute Gasteiger partial charge is 0.305 e. The van der Waals surface area contributed by atoms with Gasteiger partial charge in [-0.1, -0.05) is 11.3 Å². The van der Waals surface area contributed by atoms with Crippen molar-refractivity contribution in [2.45, 2.75) is 24.5 Å². The fraction of sp³-hybridized carbons (Fsp3) is 0.444. The minimum absolute atomic E-state index is 0.0435. The number of sulfonamides is 1. The maximum atomic E-state index is 11.7. The van der Waals surface area contributed by atoms with Crippen LogP contribution in [0.25, 0.3) is 0 Å². The van der Waals surface area contributed by atoms with Crippen molar-refractivity contribution in [3.8, 4) is 11.8 Å². The van der Waals surface area contributed by atoms with Crippen molar-refractivity contribution < 1.29 is 8.42 Å². The lowest BCUT2D eigenvalue weighted by atomic mass is 10.4. The van der Waals surface area contributed by atoms with Crippen LogP contribution in [0.4, 0.5) is 0 Å². The Morgan fingerprint density at radius 2 is 2.19 bits per heavy atom. The first-order valence-electron chi connectivity index (χ1n) is 4.56. The quantitative estimate of drug-likeness (QED) is 0.609. The van der Waals surface area contributed by atoms with E-state index in [4.69, 9.17) is 0 Å². The molecule has 0 fully saturated rings. The van der Waals surface area contributed by atoms with Crippen LogP contribution in [0.5, 0.6) is 0 Å². The van der Waals surface area contributed by atoms with Crippen molar-refractivity contribution in [3.63, 3.8) is 0 Å². The van der Waals surface area contributed by atoms with E-state index in [2.05, 4.69) is 21.5 Å². The molecule has 0 aliphatic rings. The number of hydrogen-bond donors (Lipinski definition) is 2. The molecule has 0 saturated carbocycles. The highest BCUT2D eigenvalue weighted by Gasteiger charge is 2.19. The van der Waals surface area contributed by atoms with Crippen molar-refractivity contribution in [1.82, 2.24) is 9.71 Å². The molecule has 0 saturated heterocycles. The van der Waals surface area contributed by atoms with Gasteiger partial charge in [0.2, 0.25) is 0 Å². The zero-order chi connectivity index (χ0) is 12.2. The highest BCUT2D eigenvalue weighted by atomic mass is 32.2. The van der Waals surface area contributed by atoms with Crippen LogP contribution in [0.1, 0.15) is 19.0 Å². The molecule has 0 aliphatic heterocycles. The SMILES string of the molecule is CC#CCCNS(=O)(=O)c1sc(=O)[nH]c1C. The predicted molar refractivity (Wildman–Crippen MR) is 62.9 cm³/mol. The van der Waals surface area contributed by atoms with E-state index < -0.39 is 10.0 Å². The first-order valence-corrected chi connectivity index (χ1v) is 6.86. The second-order valence-electron chi connectivity index (χ2n) is 3.00. The summed E-state index contributed by atoms with van der Waals surface area (Å²) in [5, 5.41) is 0. The number of aromatic amines is 1. The van der Waals surface area contributed by atoms with Crippen molar-refractivity contribution in [2.24, 2.45) is 0 Å². The van der Waals surface area contributed by atoms with Crippen LogP contribution in [0.2, 0.25) is 0 Å². The largest absolute Gasteiger partial charge is 0.315 e. The maximum Gasteiger partial charge on any atom is 0.305 e. The Morgan fingerprint density at radius 1 is 1.50 bits per heavy atom. The summed E-state index contributed by atoms with van der Waals surface area (Å²) in [7, 11) is -3.58. The molecule has 2 N–H and O–H groups in total. The number of aryl methyl sites for hydroxylation is 1. The van der Waals surface area contributed by atoms with Crippen molar-refractivity contribution in [3.05, 3.63) is 15.4 Å². The van der Waals surface area contributed by atoms with E-state index in [1.807, 2.05) is 0 Å². The van der Waals surface area contributed by atoms with E-state index >= 15 is 0 Å². The van der Waals surface area contributed by atoms with Crippen LogP contribution in [-0.4, -0.2) is 19.9 Å². The van der Waals surface area contributed by atoms with Gasteiger partial charge in [0, 0.05) is 18.7 Å². The van der Waals surface area contributed by atoms with Gasteiger partial charge in [0.1, 0.15) is 0 Å². The van der Waals surface area contributed by atoms with E-state index in [0.29, 0.717) is 23.5 Å². The average molecular weight is 260 g/mol. The molecule has 0 unspecified atom stereocenters. The Balaban J connectivity index is 2.81. The molecule has 0 spiro atoms. The molecule has 1 rings (SSSR count). The summed E-state index contributed by atoms with van der Waals surface area (Å²) in [5.41, 5.74) is 0.365. The lowest BCUT2D eigenvalue weighted by molar-refractivity contribution is 0.584. The minimum atomic E-state index is -3.58. The number of nitrogens with one attached hydrogen (secondary N) is 2. The monoisotopic (exact) mass is 260 g/mol. The summed E-state index contributed by atoms with van der Waals surface area (Å²) in [6.07, 6.45) is 0.452. The zero-order valence-electron chi connectivity index (χ0n) is 8.96.